The first-order valence-corrected chi connectivity index (χ1v) is 8.81. The van der Waals surface area contributed by atoms with E-state index >= 15 is 0 Å². The van der Waals surface area contributed by atoms with Crippen molar-refractivity contribution < 1.29 is 13.2 Å². The average molecular weight is 360 g/mol. The highest BCUT2D eigenvalue weighted by Crippen LogP contribution is 2.24. The molecule has 0 fully saturated rings. The molecule has 3 rings (SSSR count). The molecule has 25 heavy (non-hydrogen) atoms. The lowest BCUT2D eigenvalue weighted by molar-refractivity contribution is -0.114. The summed E-state index contributed by atoms with van der Waals surface area (Å²) in [7, 11) is -2.20. The smallest absolute Gasteiger partial charge is 0.264 e. The average Bonchev–Trinajstić information content (AvgIpc) is 2.83. The predicted octanol–water partition coefficient (Wildman–Crippen LogP) is 1.43. The Kier molecular flexibility index (Phi) is 4.13. The zero-order chi connectivity index (χ0) is 18.2. The van der Waals surface area contributed by atoms with Crippen molar-refractivity contribution in [2.75, 3.05) is 10.0 Å². The van der Waals surface area contributed by atoms with Crippen molar-refractivity contribution in [2.45, 2.75) is 18.7 Å². The molecule has 3 heterocycles. The van der Waals surface area contributed by atoms with Crippen molar-refractivity contribution in [1.82, 2.24) is 19.7 Å². The number of aryl methyl sites for hydroxylation is 2. The van der Waals surface area contributed by atoms with Gasteiger partial charge in [0.1, 0.15) is 4.90 Å². The van der Waals surface area contributed by atoms with E-state index in [0.717, 1.165) is 0 Å². The van der Waals surface area contributed by atoms with Gasteiger partial charge in [-0.25, -0.2) is 18.4 Å². The molecule has 3 aromatic heterocycles. The summed E-state index contributed by atoms with van der Waals surface area (Å²) in [4.78, 5) is 19.4. The largest absolute Gasteiger partial charge is 0.323 e. The van der Waals surface area contributed by atoms with Gasteiger partial charge in [-0.1, -0.05) is 0 Å². The van der Waals surface area contributed by atoms with Crippen molar-refractivity contribution in [2.24, 2.45) is 7.05 Å². The fourth-order valence-corrected chi connectivity index (χ4v) is 3.40. The van der Waals surface area contributed by atoms with Crippen LogP contribution in [0.3, 0.4) is 0 Å². The molecule has 0 atom stereocenters. The van der Waals surface area contributed by atoms with E-state index < -0.39 is 10.0 Å². The number of hydrogen-bond donors (Lipinski definition) is 2. The highest BCUT2D eigenvalue weighted by atomic mass is 32.2. The molecule has 0 spiro atoms. The number of pyridine rings is 2. The van der Waals surface area contributed by atoms with Gasteiger partial charge in [0.25, 0.3) is 10.0 Å². The topological polar surface area (TPSA) is 119 Å². The van der Waals surface area contributed by atoms with Crippen molar-refractivity contribution in [3.63, 3.8) is 0 Å². The molecule has 1 amide bonds. The Bertz CT molecular complexity index is 1070. The van der Waals surface area contributed by atoms with Gasteiger partial charge in [-0.05, 0) is 25.1 Å². The third-order valence-electron chi connectivity index (χ3n) is 3.50. The maximum absolute atomic E-state index is 12.7. The number of carbonyl (C=O) groups excluding carboxylic acids is 1. The van der Waals surface area contributed by atoms with Crippen LogP contribution in [0.15, 0.2) is 35.5 Å². The molecule has 0 saturated carbocycles. The second-order valence-corrected chi connectivity index (χ2v) is 7.12. The van der Waals surface area contributed by atoms with E-state index in [-0.39, 0.29) is 22.3 Å². The van der Waals surface area contributed by atoms with Crippen LogP contribution in [-0.2, 0) is 21.9 Å². The molecule has 0 aliphatic heterocycles. The molecule has 9 nitrogen and oxygen atoms in total. The molecule has 0 bridgehead atoms. The summed E-state index contributed by atoms with van der Waals surface area (Å²) in [6.07, 6.45) is 2.68. The Balaban J connectivity index is 2.00. The third kappa shape index (κ3) is 3.29. The lowest BCUT2D eigenvalue weighted by Gasteiger charge is -2.11. The van der Waals surface area contributed by atoms with E-state index in [9.17, 15) is 13.2 Å². The molecule has 3 aromatic rings. The van der Waals surface area contributed by atoms with E-state index in [4.69, 9.17) is 0 Å². The van der Waals surface area contributed by atoms with Gasteiger partial charge in [0.2, 0.25) is 5.91 Å². The monoisotopic (exact) mass is 360 g/mol. The standard InChI is InChI=1S/C15H16N6O3S/c1-9-12-7-11(8-17-15(12)21(3)19-9)25(23,24)20-14-13(18-10(2)22)5-4-6-16-14/h4-8H,1-3H3,(H,16,20)(H,18,22). The van der Waals surface area contributed by atoms with Gasteiger partial charge < -0.3 is 5.32 Å². The van der Waals surface area contributed by atoms with Gasteiger partial charge in [-0.3, -0.25) is 14.2 Å². The summed E-state index contributed by atoms with van der Waals surface area (Å²) in [5.74, 6) is -0.303. The van der Waals surface area contributed by atoms with Crippen LogP contribution in [0, 0.1) is 6.92 Å². The van der Waals surface area contributed by atoms with Crippen LogP contribution in [0.25, 0.3) is 11.0 Å². The summed E-state index contributed by atoms with van der Waals surface area (Å²) < 4.78 is 29.3. The van der Waals surface area contributed by atoms with Crippen LogP contribution in [-0.4, -0.2) is 34.1 Å². The molecule has 0 saturated heterocycles. The SMILES string of the molecule is CC(=O)Nc1cccnc1NS(=O)(=O)c1cnc2c(c1)c(C)nn2C. The number of hydrogen-bond acceptors (Lipinski definition) is 6. The Hall–Kier alpha value is -3.01. The minimum Gasteiger partial charge on any atom is -0.323 e. The van der Waals surface area contributed by atoms with Crippen LogP contribution in [0.4, 0.5) is 11.5 Å². The number of anilines is 2. The highest BCUT2D eigenvalue weighted by Gasteiger charge is 2.20. The summed E-state index contributed by atoms with van der Waals surface area (Å²) >= 11 is 0. The fraction of sp³-hybridized carbons (Fsp3) is 0.200. The van der Waals surface area contributed by atoms with Crippen LogP contribution >= 0.6 is 0 Å². The van der Waals surface area contributed by atoms with Crippen LogP contribution in [0.2, 0.25) is 0 Å². The molecule has 2 N–H and O–H groups in total. The number of rotatable bonds is 4. The number of sulfonamides is 1. The summed E-state index contributed by atoms with van der Waals surface area (Å²) in [5.41, 5.74) is 1.54. The van der Waals surface area contributed by atoms with E-state index in [1.807, 2.05) is 0 Å². The number of nitrogens with one attached hydrogen (secondary N) is 2. The molecule has 130 valence electrons. The Morgan fingerprint density at radius 1 is 1.28 bits per heavy atom. The van der Waals surface area contributed by atoms with Crippen molar-refractivity contribution in [3.8, 4) is 0 Å². The van der Waals surface area contributed by atoms with E-state index in [0.29, 0.717) is 16.7 Å². The number of amides is 1. The molecule has 0 aliphatic carbocycles. The molecule has 0 aromatic carbocycles. The number of carbonyl (C=O) groups is 1. The van der Waals surface area contributed by atoms with Gasteiger partial charge in [-0.2, -0.15) is 5.10 Å². The van der Waals surface area contributed by atoms with Crippen LogP contribution < -0.4 is 10.0 Å². The molecule has 10 heteroatoms. The quantitative estimate of drug-likeness (QED) is 0.726. The second kappa shape index (κ2) is 6.13. The van der Waals surface area contributed by atoms with Crippen molar-refractivity contribution >= 4 is 38.5 Å². The first kappa shape index (κ1) is 16.8. The summed E-state index contributed by atoms with van der Waals surface area (Å²) in [6.45, 7) is 3.11. The van der Waals surface area contributed by atoms with Gasteiger partial charge in [-0.15, -0.1) is 0 Å². The predicted molar refractivity (Wildman–Crippen MR) is 92.6 cm³/mol. The zero-order valence-electron chi connectivity index (χ0n) is 13.8. The highest BCUT2D eigenvalue weighted by molar-refractivity contribution is 7.92. The lowest BCUT2D eigenvalue weighted by Crippen LogP contribution is -2.17. The Morgan fingerprint density at radius 3 is 2.76 bits per heavy atom. The first-order chi connectivity index (χ1) is 11.8. The van der Waals surface area contributed by atoms with Crippen molar-refractivity contribution in [3.05, 3.63) is 36.3 Å². The van der Waals surface area contributed by atoms with Crippen LogP contribution in [0.1, 0.15) is 12.6 Å². The second-order valence-electron chi connectivity index (χ2n) is 5.44. The summed E-state index contributed by atoms with van der Waals surface area (Å²) in [5, 5.41) is 7.40. The van der Waals surface area contributed by atoms with Crippen LogP contribution in [0.5, 0.6) is 0 Å². The van der Waals surface area contributed by atoms with E-state index in [1.165, 1.54) is 25.4 Å². The van der Waals surface area contributed by atoms with Gasteiger partial charge in [0.15, 0.2) is 11.5 Å². The van der Waals surface area contributed by atoms with Crippen molar-refractivity contribution in [1.29, 1.82) is 0 Å². The Labute approximate surface area is 144 Å². The third-order valence-corrected chi connectivity index (χ3v) is 4.80. The maximum Gasteiger partial charge on any atom is 0.264 e. The Morgan fingerprint density at radius 2 is 2.04 bits per heavy atom. The summed E-state index contributed by atoms with van der Waals surface area (Å²) in [6, 6.07) is 4.66. The number of aromatic nitrogens is 4. The normalized spacial score (nSPS) is 11.5. The zero-order valence-corrected chi connectivity index (χ0v) is 14.6. The number of nitrogens with zero attached hydrogens (tertiary/aromatic N) is 4. The van der Waals surface area contributed by atoms with E-state index in [2.05, 4.69) is 25.1 Å². The number of fused-ring (bicyclic) bond motifs is 1. The van der Waals surface area contributed by atoms with Gasteiger partial charge in [0.05, 0.1) is 11.4 Å². The van der Waals surface area contributed by atoms with E-state index in [1.54, 1.807) is 30.8 Å². The first-order valence-electron chi connectivity index (χ1n) is 7.33. The maximum atomic E-state index is 12.7. The molecular formula is C15H16N6O3S. The van der Waals surface area contributed by atoms with Gasteiger partial charge >= 0.3 is 0 Å². The molecular weight excluding hydrogens is 344 g/mol. The molecule has 0 aliphatic rings. The fourth-order valence-electron chi connectivity index (χ4n) is 2.40. The minimum absolute atomic E-state index is 0.0180. The lowest BCUT2D eigenvalue weighted by atomic mass is 10.3. The molecule has 0 unspecified atom stereocenters. The minimum atomic E-state index is -3.93. The van der Waals surface area contributed by atoms with Gasteiger partial charge in [0, 0.05) is 31.8 Å². The molecule has 0 radical (unpaired) electrons.